The number of Topliss-reactive ketones (excluding diaryl/α,β-unsaturated/α-hetero) is 1. The van der Waals surface area contributed by atoms with Crippen LogP contribution in [0.2, 0.25) is 5.02 Å². The first-order valence-corrected chi connectivity index (χ1v) is 20.1. The Kier molecular flexibility index (Phi) is 15.5. The number of ketones is 1. The number of rotatable bonds is 9. The average molecular weight is 822 g/mol. The second-order valence-electron chi connectivity index (χ2n) is 15.1. The number of anilines is 2. The zero-order chi connectivity index (χ0) is 41.3. The minimum atomic E-state index is -4.73. The molecule has 2 aromatic rings. The van der Waals surface area contributed by atoms with Gasteiger partial charge in [0.15, 0.2) is 11.9 Å². The number of esters is 1. The van der Waals surface area contributed by atoms with Gasteiger partial charge in [-0.2, -0.15) is 13.2 Å². The number of hydrogen-bond acceptors (Lipinski definition) is 10. The molecule has 2 aromatic carbocycles. The van der Waals surface area contributed by atoms with Crippen LogP contribution in [0, 0.1) is 0 Å². The molecule has 4 aliphatic rings. The molecule has 4 heterocycles. The highest BCUT2D eigenvalue weighted by molar-refractivity contribution is 6.33. The highest BCUT2D eigenvalue weighted by Gasteiger charge is 2.36. The lowest BCUT2D eigenvalue weighted by Crippen LogP contribution is -2.52. The molecule has 314 valence electrons. The second kappa shape index (κ2) is 20.0. The molecule has 3 amide bonds. The van der Waals surface area contributed by atoms with E-state index >= 15 is 0 Å². The fourth-order valence-corrected chi connectivity index (χ4v) is 8.06. The van der Waals surface area contributed by atoms with E-state index in [1.54, 1.807) is 4.90 Å². The third kappa shape index (κ3) is 12.2. The number of nitrogen functional groups attached to an aromatic ring is 1. The topological polar surface area (TPSA) is 141 Å². The van der Waals surface area contributed by atoms with Gasteiger partial charge in [-0.05, 0) is 82.3 Å². The number of piperazine rings is 1. The third-order valence-electron chi connectivity index (χ3n) is 11.2. The number of likely N-dealkylation sites (tertiary alicyclic amines) is 2. The summed E-state index contributed by atoms with van der Waals surface area (Å²) in [6.45, 7) is 12.0. The molecule has 4 aliphatic heterocycles. The molecular weight excluding hydrogens is 767 g/mol. The number of ether oxygens (including phenoxy) is 2. The van der Waals surface area contributed by atoms with Gasteiger partial charge in [-0.15, -0.1) is 0 Å². The molecule has 0 spiro atoms. The van der Waals surface area contributed by atoms with Crippen molar-refractivity contribution in [1.29, 1.82) is 0 Å². The minimum absolute atomic E-state index is 0.0661. The largest absolute Gasteiger partial charge is 0.465 e. The SMILES string of the molecule is CC(=O)[C@@H](Cc1cc(Cl)c(N)c(C(F)(F)F)c1)OC(=O)N1CCC(N2CCc3ccccc3NC2=O)CC1.CCOC(=O)CN1CCC(N2CCN(C)CC2)CC1. The van der Waals surface area contributed by atoms with E-state index in [9.17, 15) is 32.3 Å². The normalized spacial score (nSPS) is 19.7. The first-order chi connectivity index (χ1) is 27.1. The number of nitrogens with two attached hydrogens (primary N) is 1. The quantitative estimate of drug-likeness (QED) is 0.250. The summed E-state index contributed by atoms with van der Waals surface area (Å²) in [6.07, 6.45) is -2.93. The van der Waals surface area contributed by atoms with Crippen LogP contribution in [0.15, 0.2) is 36.4 Å². The fourth-order valence-electron chi connectivity index (χ4n) is 7.82. The van der Waals surface area contributed by atoms with Crippen LogP contribution in [0.5, 0.6) is 0 Å². The molecule has 0 radical (unpaired) electrons. The Balaban J connectivity index is 0.000000273. The molecule has 57 heavy (non-hydrogen) atoms. The summed E-state index contributed by atoms with van der Waals surface area (Å²) in [5.74, 6) is -0.601. The third-order valence-corrected chi connectivity index (χ3v) is 11.5. The van der Waals surface area contributed by atoms with Gasteiger partial charge in [0.05, 0.1) is 29.4 Å². The van der Waals surface area contributed by atoms with Crippen LogP contribution in [-0.2, 0) is 38.1 Å². The van der Waals surface area contributed by atoms with Crippen LogP contribution < -0.4 is 11.1 Å². The van der Waals surface area contributed by atoms with Gasteiger partial charge in [0.1, 0.15) is 0 Å². The highest BCUT2D eigenvalue weighted by atomic mass is 35.5. The number of urea groups is 1. The van der Waals surface area contributed by atoms with Crippen LogP contribution in [0.1, 0.15) is 56.2 Å². The molecule has 0 bridgehead atoms. The number of benzene rings is 2. The maximum Gasteiger partial charge on any atom is 0.418 e. The predicted octanol–water partition coefficient (Wildman–Crippen LogP) is 5.39. The number of para-hydroxylation sites is 1. The van der Waals surface area contributed by atoms with Crippen LogP contribution in [0.25, 0.3) is 0 Å². The van der Waals surface area contributed by atoms with Crippen molar-refractivity contribution < 1.29 is 41.8 Å². The molecule has 3 saturated heterocycles. The van der Waals surface area contributed by atoms with Crippen molar-refractivity contribution in [3.8, 4) is 0 Å². The van der Waals surface area contributed by atoms with Crippen molar-refractivity contribution in [2.24, 2.45) is 0 Å². The van der Waals surface area contributed by atoms with Gasteiger partial charge in [-0.1, -0.05) is 29.8 Å². The van der Waals surface area contributed by atoms with E-state index in [1.165, 1.54) is 56.9 Å². The number of fused-ring (bicyclic) bond motifs is 1. The predicted molar refractivity (Wildman–Crippen MR) is 211 cm³/mol. The standard InChI is InChI=1S/C26H28ClF3N4O4.C14H27N3O2/c1-15(35)22(14-16-12-19(26(28,29)30)23(31)20(27)13-16)38-25(37)33-9-7-18(8-10-33)34-11-6-17-4-2-3-5-21(17)32-24(34)36;1-3-19-14(18)12-16-6-4-13(5-7-16)17-10-8-15(2)9-11-17/h2-5,12-13,18,22H,6-11,14,31H2,1H3,(H,32,36);13H,3-12H2,1-2H3/t22-;/m1./s1. The number of alkyl halides is 3. The number of carbonyl (C=O) groups excluding carboxylic acids is 4. The molecule has 0 unspecified atom stereocenters. The van der Waals surface area contributed by atoms with Gasteiger partial charge in [0.2, 0.25) is 0 Å². The maximum absolute atomic E-state index is 13.3. The van der Waals surface area contributed by atoms with Gasteiger partial charge in [-0.25, -0.2) is 9.59 Å². The molecule has 1 atom stereocenters. The Bertz CT molecular complexity index is 1710. The molecular formula is C40H55ClF3N7O6. The van der Waals surface area contributed by atoms with Crippen molar-refractivity contribution in [3.63, 3.8) is 0 Å². The van der Waals surface area contributed by atoms with E-state index in [4.69, 9.17) is 26.8 Å². The number of likely N-dealkylation sites (N-methyl/N-ethyl adjacent to an activating group) is 1. The number of hydrogen-bond donors (Lipinski definition) is 2. The summed E-state index contributed by atoms with van der Waals surface area (Å²) < 4.78 is 50.3. The number of nitrogens with one attached hydrogen (secondary N) is 1. The molecule has 17 heteroatoms. The molecule has 6 rings (SSSR count). The molecule has 3 fully saturated rings. The van der Waals surface area contributed by atoms with E-state index in [2.05, 4.69) is 27.1 Å². The first kappa shape index (κ1) is 44.0. The van der Waals surface area contributed by atoms with Gasteiger partial charge in [0.25, 0.3) is 0 Å². The number of carbonyl (C=O) groups is 4. The van der Waals surface area contributed by atoms with Gasteiger partial charge in [-0.3, -0.25) is 19.4 Å². The number of amides is 3. The molecule has 3 N–H and O–H groups in total. The summed E-state index contributed by atoms with van der Waals surface area (Å²) in [6, 6.07) is 10.1. The highest BCUT2D eigenvalue weighted by Crippen LogP contribution is 2.38. The summed E-state index contributed by atoms with van der Waals surface area (Å²) in [5, 5.41) is 2.64. The second-order valence-corrected chi connectivity index (χ2v) is 15.5. The lowest BCUT2D eigenvalue weighted by atomic mass is 10.0. The van der Waals surface area contributed by atoms with Crippen molar-refractivity contribution in [2.45, 2.75) is 76.7 Å². The van der Waals surface area contributed by atoms with Gasteiger partial charge in [0, 0.05) is 83.1 Å². The van der Waals surface area contributed by atoms with E-state index < -0.39 is 35.4 Å². The van der Waals surface area contributed by atoms with Crippen LogP contribution in [0.3, 0.4) is 0 Å². The summed E-state index contributed by atoms with van der Waals surface area (Å²) >= 11 is 5.88. The molecule has 0 aromatic heterocycles. The Morgan fingerprint density at radius 1 is 0.947 bits per heavy atom. The Hall–Kier alpha value is -4.12. The Morgan fingerprint density at radius 2 is 1.60 bits per heavy atom. The fraction of sp³-hybridized carbons (Fsp3) is 0.600. The monoisotopic (exact) mass is 821 g/mol. The van der Waals surface area contributed by atoms with Crippen molar-refractivity contribution in [3.05, 3.63) is 58.1 Å². The summed E-state index contributed by atoms with van der Waals surface area (Å²) in [4.78, 5) is 59.7. The van der Waals surface area contributed by atoms with Crippen molar-refractivity contribution >= 4 is 46.9 Å². The number of nitrogens with zero attached hydrogens (tertiary/aromatic N) is 5. The van der Waals surface area contributed by atoms with Crippen molar-refractivity contribution in [1.82, 2.24) is 24.5 Å². The van der Waals surface area contributed by atoms with Gasteiger partial charge >= 0.3 is 24.3 Å². The average Bonchev–Trinajstić information content (AvgIpc) is 3.34. The Labute approximate surface area is 337 Å². The molecule has 0 aliphatic carbocycles. The molecule has 13 nitrogen and oxygen atoms in total. The van der Waals surface area contributed by atoms with E-state index in [1.807, 2.05) is 31.2 Å². The van der Waals surface area contributed by atoms with E-state index in [0.717, 1.165) is 30.4 Å². The number of halogens is 4. The van der Waals surface area contributed by atoms with E-state index in [0.29, 0.717) is 58.1 Å². The first-order valence-electron chi connectivity index (χ1n) is 19.7. The lowest BCUT2D eigenvalue weighted by molar-refractivity contribution is -0.145. The minimum Gasteiger partial charge on any atom is -0.465 e. The van der Waals surface area contributed by atoms with E-state index in [-0.39, 0.29) is 35.0 Å². The van der Waals surface area contributed by atoms with Crippen LogP contribution in [0.4, 0.5) is 34.1 Å². The number of piperidine rings is 2. The molecule has 0 saturated carbocycles. The van der Waals surface area contributed by atoms with Crippen molar-refractivity contribution in [2.75, 3.05) is 90.2 Å². The van der Waals surface area contributed by atoms with Gasteiger partial charge < -0.3 is 35.2 Å². The lowest BCUT2D eigenvalue weighted by Gasteiger charge is -2.41. The Morgan fingerprint density at radius 3 is 2.23 bits per heavy atom. The van der Waals surface area contributed by atoms with Crippen LogP contribution in [-0.4, -0.2) is 146 Å². The smallest absolute Gasteiger partial charge is 0.418 e. The summed E-state index contributed by atoms with van der Waals surface area (Å²) in [7, 11) is 2.19. The maximum atomic E-state index is 13.3. The summed E-state index contributed by atoms with van der Waals surface area (Å²) in [5.41, 5.74) is 5.67. The van der Waals surface area contributed by atoms with Crippen LogP contribution >= 0.6 is 11.6 Å². The zero-order valence-electron chi connectivity index (χ0n) is 33.0. The zero-order valence-corrected chi connectivity index (χ0v) is 33.7.